The minimum absolute atomic E-state index is 0.00701. The number of aromatic nitrogens is 1. The second-order valence-electron chi connectivity index (χ2n) is 5.98. The van der Waals surface area contributed by atoms with Crippen molar-refractivity contribution in [2.75, 3.05) is 12.4 Å². The zero-order valence-corrected chi connectivity index (χ0v) is 16.2. The third-order valence-electron chi connectivity index (χ3n) is 3.98. The smallest absolute Gasteiger partial charge is 0.255 e. The fraction of sp³-hybridized carbons (Fsp3) is 0.100. The average Bonchev–Trinajstić information content (AvgIpc) is 2.73. The van der Waals surface area contributed by atoms with E-state index in [1.807, 2.05) is 0 Å². The molecule has 3 rings (SSSR count). The quantitative estimate of drug-likeness (QED) is 0.618. The van der Waals surface area contributed by atoms with Gasteiger partial charge in [0, 0.05) is 23.5 Å². The van der Waals surface area contributed by atoms with Gasteiger partial charge in [-0.05, 0) is 42.5 Å². The van der Waals surface area contributed by atoms with Gasteiger partial charge in [-0.15, -0.1) is 0 Å². The largest absolute Gasteiger partial charge is 0.497 e. The highest BCUT2D eigenvalue weighted by atomic mass is 32.2. The number of ether oxygens (including phenoxy) is 1. The highest BCUT2D eigenvalue weighted by molar-refractivity contribution is 7.89. The normalized spacial score (nSPS) is 11.1. The van der Waals surface area contributed by atoms with Crippen LogP contribution in [0, 0.1) is 5.82 Å². The van der Waals surface area contributed by atoms with Gasteiger partial charge < -0.3 is 10.1 Å². The van der Waals surface area contributed by atoms with Crippen LogP contribution in [-0.2, 0) is 16.6 Å². The van der Waals surface area contributed by atoms with Gasteiger partial charge in [-0.3, -0.25) is 9.78 Å². The SMILES string of the molecule is COc1cccc(NC(=O)c2ccc(F)c(S(=O)(=O)NCc3ccccn3)c2)c1. The van der Waals surface area contributed by atoms with Crippen LogP contribution in [0.2, 0.25) is 0 Å². The monoisotopic (exact) mass is 415 g/mol. The minimum Gasteiger partial charge on any atom is -0.497 e. The lowest BCUT2D eigenvalue weighted by atomic mass is 10.2. The first kappa shape index (κ1) is 20.4. The van der Waals surface area contributed by atoms with Crippen LogP contribution in [0.3, 0.4) is 0 Å². The Balaban J connectivity index is 1.80. The van der Waals surface area contributed by atoms with Gasteiger partial charge in [-0.25, -0.2) is 17.5 Å². The molecule has 2 aromatic carbocycles. The molecule has 0 aliphatic rings. The average molecular weight is 415 g/mol. The summed E-state index contributed by atoms with van der Waals surface area (Å²) in [6, 6.07) is 14.8. The van der Waals surface area contributed by atoms with Crippen molar-refractivity contribution in [3.05, 3.63) is 83.9 Å². The number of hydrogen-bond donors (Lipinski definition) is 2. The number of nitrogens with zero attached hydrogens (tertiary/aromatic N) is 1. The van der Waals surface area contributed by atoms with E-state index < -0.39 is 26.6 Å². The van der Waals surface area contributed by atoms with Crippen LogP contribution >= 0.6 is 0 Å². The standard InChI is InChI=1S/C20H18FN3O4S/c1-28-17-7-4-6-15(12-17)24-20(25)14-8-9-18(21)19(11-14)29(26,27)23-13-16-5-2-3-10-22-16/h2-12,23H,13H2,1H3,(H,24,25). The Morgan fingerprint density at radius 1 is 1.10 bits per heavy atom. The molecule has 0 spiro atoms. The lowest BCUT2D eigenvalue weighted by molar-refractivity contribution is 0.102. The lowest BCUT2D eigenvalue weighted by Gasteiger charge is -2.10. The molecule has 150 valence electrons. The zero-order chi connectivity index (χ0) is 20.9. The number of carbonyl (C=O) groups excluding carboxylic acids is 1. The Kier molecular flexibility index (Phi) is 6.20. The fourth-order valence-corrected chi connectivity index (χ4v) is 3.60. The fourth-order valence-electron chi connectivity index (χ4n) is 2.50. The number of rotatable bonds is 7. The van der Waals surface area contributed by atoms with Crippen molar-refractivity contribution in [2.45, 2.75) is 11.4 Å². The molecule has 9 heteroatoms. The maximum atomic E-state index is 14.2. The molecule has 1 aromatic heterocycles. The van der Waals surface area contributed by atoms with E-state index in [0.717, 1.165) is 12.1 Å². The van der Waals surface area contributed by atoms with Crippen molar-refractivity contribution in [1.82, 2.24) is 9.71 Å². The highest BCUT2D eigenvalue weighted by Gasteiger charge is 2.21. The van der Waals surface area contributed by atoms with Crippen LogP contribution in [-0.4, -0.2) is 26.4 Å². The van der Waals surface area contributed by atoms with E-state index in [1.54, 1.807) is 42.5 Å². The highest BCUT2D eigenvalue weighted by Crippen LogP contribution is 2.20. The number of benzene rings is 2. The Hall–Kier alpha value is -3.30. The summed E-state index contributed by atoms with van der Waals surface area (Å²) in [5.74, 6) is -1.00. The molecule has 1 heterocycles. The first-order chi connectivity index (χ1) is 13.9. The molecular formula is C20H18FN3O4S. The Bertz CT molecular complexity index is 1120. The second-order valence-corrected chi connectivity index (χ2v) is 7.71. The van der Waals surface area contributed by atoms with Gasteiger partial charge in [-0.1, -0.05) is 12.1 Å². The number of hydrogen-bond acceptors (Lipinski definition) is 5. The lowest BCUT2D eigenvalue weighted by Crippen LogP contribution is -2.25. The summed E-state index contributed by atoms with van der Waals surface area (Å²) in [6.07, 6.45) is 1.52. The van der Waals surface area contributed by atoms with E-state index in [2.05, 4.69) is 15.0 Å². The maximum absolute atomic E-state index is 14.2. The Morgan fingerprint density at radius 3 is 2.66 bits per heavy atom. The van der Waals surface area contributed by atoms with Crippen LogP contribution in [0.15, 0.2) is 71.8 Å². The summed E-state index contributed by atoms with van der Waals surface area (Å²) in [6.45, 7) is -0.108. The van der Waals surface area contributed by atoms with E-state index in [-0.39, 0.29) is 12.1 Å². The maximum Gasteiger partial charge on any atom is 0.255 e. The second kappa shape index (κ2) is 8.80. The van der Waals surface area contributed by atoms with E-state index >= 15 is 0 Å². The zero-order valence-electron chi connectivity index (χ0n) is 15.4. The summed E-state index contributed by atoms with van der Waals surface area (Å²) >= 11 is 0. The van der Waals surface area contributed by atoms with Gasteiger partial charge in [0.2, 0.25) is 10.0 Å². The number of pyridine rings is 1. The van der Waals surface area contributed by atoms with Gasteiger partial charge in [0.25, 0.3) is 5.91 Å². The van der Waals surface area contributed by atoms with Gasteiger partial charge in [0.15, 0.2) is 0 Å². The predicted octanol–water partition coefficient (Wildman–Crippen LogP) is 2.96. The van der Waals surface area contributed by atoms with E-state index in [1.165, 1.54) is 19.4 Å². The molecular weight excluding hydrogens is 397 g/mol. The topological polar surface area (TPSA) is 97.4 Å². The molecule has 7 nitrogen and oxygen atoms in total. The molecule has 0 unspecified atom stereocenters. The van der Waals surface area contributed by atoms with Gasteiger partial charge in [0.05, 0.1) is 19.3 Å². The number of sulfonamides is 1. The summed E-state index contributed by atoms with van der Waals surface area (Å²) < 4.78 is 46.6. The van der Waals surface area contributed by atoms with Crippen molar-refractivity contribution in [1.29, 1.82) is 0 Å². The first-order valence-electron chi connectivity index (χ1n) is 8.53. The molecule has 0 saturated carbocycles. The minimum atomic E-state index is -4.19. The van der Waals surface area contributed by atoms with Crippen LogP contribution in [0.1, 0.15) is 16.1 Å². The molecule has 3 aromatic rings. The summed E-state index contributed by atoms with van der Waals surface area (Å²) in [4.78, 5) is 15.9. The van der Waals surface area contributed by atoms with Crippen LogP contribution in [0.5, 0.6) is 5.75 Å². The van der Waals surface area contributed by atoms with Crippen molar-refractivity contribution in [3.8, 4) is 5.75 Å². The van der Waals surface area contributed by atoms with Crippen LogP contribution in [0.25, 0.3) is 0 Å². The van der Waals surface area contributed by atoms with E-state index in [0.29, 0.717) is 17.1 Å². The Morgan fingerprint density at radius 2 is 1.93 bits per heavy atom. The van der Waals surface area contributed by atoms with Crippen molar-refractivity contribution >= 4 is 21.6 Å². The van der Waals surface area contributed by atoms with E-state index in [9.17, 15) is 17.6 Å². The summed E-state index contributed by atoms with van der Waals surface area (Å²) in [5.41, 5.74) is 0.923. The number of anilines is 1. The summed E-state index contributed by atoms with van der Waals surface area (Å²) in [7, 11) is -2.70. The first-order valence-corrected chi connectivity index (χ1v) is 10.0. The van der Waals surface area contributed by atoms with Crippen molar-refractivity contribution in [3.63, 3.8) is 0 Å². The molecule has 0 fully saturated rings. The molecule has 0 atom stereocenters. The number of halogens is 1. The van der Waals surface area contributed by atoms with Gasteiger partial charge >= 0.3 is 0 Å². The number of carbonyl (C=O) groups is 1. The third kappa shape index (κ3) is 5.15. The molecule has 0 saturated heterocycles. The molecule has 29 heavy (non-hydrogen) atoms. The molecule has 0 radical (unpaired) electrons. The molecule has 1 amide bonds. The van der Waals surface area contributed by atoms with Gasteiger partial charge in [0.1, 0.15) is 16.5 Å². The molecule has 0 aliphatic carbocycles. The van der Waals surface area contributed by atoms with Crippen molar-refractivity contribution < 1.29 is 22.3 Å². The van der Waals surface area contributed by atoms with Crippen LogP contribution < -0.4 is 14.8 Å². The Labute approximate surface area is 167 Å². The summed E-state index contributed by atoms with van der Waals surface area (Å²) in [5, 5.41) is 2.62. The van der Waals surface area contributed by atoms with E-state index in [4.69, 9.17) is 4.74 Å². The number of amides is 1. The number of methoxy groups -OCH3 is 1. The van der Waals surface area contributed by atoms with Crippen molar-refractivity contribution in [2.24, 2.45) is 0 Å². The third-order valence-corrected chi connectivity index (χ3v) is 5.40. The molecule has 0 bridgehead atoms. The number of nitrogens with one attached hydrogen (secondary N) is 2. The van der Waals surface area contributed by atoms with Gasteiger partial charge in [-0.2, -0.15) is 0 Å². The molecule has 0 aliphatic heterocycles. The predicted molar refractivity (Wildman–Crippen MR) is 106 cm³/mol. The molecule has 2 N–H and O–H groups in total. The van der Waals surface area contributed by atoms with Crippen LogP contribution in [0.4, 0.5) is 10.1 Å².